The molecule has 45 heavy (non-hydrogen) atoms. The van der Waals surface area contributed by atoms with E-state index in [1.54, 1.807) is 43.3 Å². The summed E-state index contributed by atoms with van der Waals surface area (Å²) in [5, 5.41) is 0.265. The van der Waals surface area contributed by atoms with E-state index in [1.807, 2.05) is 6.92 Å². The number of amides is 1. The Bertz CT molecular complexity index is 1770. The quantitative estimate of drug-likeness (QED) is 0.220. The number of alkyl halides is 3. The van der Waals surface area contributed by atoms with E-state index in [2.05, 4.69) is 4.98 Å². The molecule has 0 spiro atoms. The van der Waals surface area contributed by atoms with Gasteiger partial charge in [-0.25, -0.2) is 14.4 Å². The fourth-order valence-electron chi connectivity index (χ4n) is 5.52. The van der Waals surface area contributed by atoms with E-state index in [-0.39, 0.29) is 34.9 Å². The van der Waals surface area contributed by atoms with Gasteiger partial charge in [0.25, 0.3) is 5.56 Å². The summed E-state index contributed by atoms with van der Waals surface area (Å²) in [4.78, 5) is 38.4. The standard InChI is InChI=1S/C32H32F4N4O4S/c1-3-44-24-9-7-23(8-10-24)40-30(38-29-25(31(40)42)5-4-14-37-29)20(2)39(19-21-12-15-45(43)16-13-21)28(41)18-22-6-11-27(33)26(17-22)32(34,35)36/h4-11,14,17,20-21H,3,12-13,15-16,18-19H2,1-2H3. The SMILES string of the molecule is CCOc1ccc(-n2c(C(C)N(CC3CCS(=O)CC3)C(=O)Cc3ccc(F)c(C(F)(F)F)c3)nc3ncccc3c2=O)cc1. The molecule has 1 saturated heterocycles. The summed E-state index contributed by atoms with van der Waals surface area (Å²) in [6.07, 6.45) is -2.68. The predicted octanol–water partition coefficient (Wildman–Crippen LogP) is 5.63. The molecule has 0 bridgehead atoms. The summed E-state index contributed by atoms with van der Waals surface area (Å²) in [6, 6.07) is 11.7. The van der Waals surface area contributed by atoms with Crippen molar-refractivity contribution in [2.75, 3.05) is 24.7 Å². The van der Waals surface area contributed by atoms with E-state index >= 15 is 0 Å². The fraction of sp³-hybridized carbons (Fsp3) is 0.375. The minimum absolute atomic E-state index is 0.00675. The van der Waals surface area contributed by atoms with Crippen LogP contribution in [0.1, 0.15) is 49.7 Å². The Morgan fingerprint density at radius 2 is 1.84 bits per heavy atom. The molecule has 2 aromatic heterocycles. The Hall–Kier alpha value is -4.13. The van der Waals surface area contributed by atoms with Gasteiger partial charge in [0.2, 0.25) is 5.91 Å². The third-order valence-corrected chi connectivity index (χ3v) is 9.27. The van der Waals surface area contributed by atoms with E-state index in [4.69, 9.17) is 9.72 Å². The van der Waals surface area contributed by atoms with Crippen molar-refractivity contribution < 1.29 is 31.3 Å². The molecule has 1 amide bonds. The molecule has 8 nitrogen and oxygen atoms in total. The van der Waals surface area contributed by atoms with Crippen LogP contribution in [0.25, 0.3) is 16.7 Å². The van der Waals surface area contributed by atoms with Gasteiger partial charge in [0.05, 0.1) is 35.7 Å². The van der Waals surface area contributed by atoms with Gasteiger partial charge in [0, 0.05) is 35.0 Å². The third kappa shape index (κ3) is 7.24. The molecule has 1 unspecified atom stereocenters. The molecule has 1 aliphatic heterocycles. The first-order valence-electron chi connectivity index (χ1n) is 14.6. The van der Waals surface area contributed by atoms with Crippen molar-refractivity contribution in [1.82, 2.24) is 19.4 Å². The highest BCUT2D eigenvalue weighted by Gasteiger charge is 2.35. The van der Waals surface area contributed by atoms with Gasteiger partial charge in [-0.3, -0.25) is 18.4 Å². The second kappa shape index (κ2) is 13.5. The van der Waals surface area contributed by atoms with Crippen LogP contribution < -0.4 is 10.3 Å². The number of aromatic nitrogens is 3. The maximum absolute atomic E-state index is 14.0. The van der Waals surface area contributed by atoms with Crippen molar-refractivity contribution in [2.45, 2.75) is 45.3 Å². The Morgan fingerprint density at radius 1 is 1.13 bits per heavy atom. The van der Waals surface area contributed by atoms with Gasteiger partial charge in [-0.2, -0.15) is 13.2 Å². The van der Waals surface area contributed by atoms with Crippen molar-refractivity contribution >= 4 is 27.7 Å². The number of rotatable bonds is 9. The molecule has 4 aromatic rings. The number of ether oxygens (including phenoxy) is 1. The average Bonchev–Trinajstić information content (AvgIpc) is 3.01. The molecule has 238 valence electrons. The number of carbonyl (C=O) groups excluding carboxylic acids is 1. The van der Waals surface area contributed by atoms with Gasteiger partial charge in [0.15, 0.2) is 5.65 Å². The van der Waals surface area contributed by atoms with Gasteiger partial charge < -0.3 is 9.64 Å². The van der Waals surface area contributed by atoms with Crippen LogP contribution in [0.15, 0.2) is 65.6 Å². The van der Waals surface area contributed by atoms with Gasteiger partial charge in [-0.05, 0) is 86.7 Å². The van der Waals surface area contributed by atoms with Crippen LogP contribution in [0, 0.1) is 11.7 Å². The molecule has 5 rings (SSSR count). The molecule has 3 heterocycles. The molecule has 2 aromatic carbocycles. The van der Waals surface area contributed by atoms with E-state index in [0.29, 0.717) is 54.5 Å². The summed E-state index contributed by atoms with van der Waals surface area (Å²) in [6.45, 7) is 4.20. The number of halogens is 4. The molecule has 1 fully saturated rings. The summed E-state index contributed by atoms with van der Waals surface area (Å²) in [5.41, 5.74) is -1.22. The summed E-state index contributed by atoms with van der Waals surface area (Å²) < 4.78 is 73.3. The van der Waals surface area contributed by atoms with E-state index in [0.717, 1.165) is 6.07 Å². The zero-order chi connectivity index (χ0) is 32.3. The van der Waals surface area contributed by atoms with Crippen LogP contribution in [0.3, 0.4) is 0 Å². The highest BCUT2D eigenvalue weighted by Crippen LogP contribution is 2.33. The first-order chi connectivity index (χ1) is 21.5. The Balaban J connectivity index is 1.59. The van der Waals surface area contributed by atoms with E-state index in [1.165, 1.54) is 15.7 Å². The number of hydrogen-bond acceptors (Lipinski definition) is 6. The predicted molar refractivity (Wildman–Crippen MR) is 162 cm³/mol. The second-order valence-electron chi connectivity index (χ2n) is 10.9. The molecular weight excluding hydrogens is 612 g/mol. The summed E-state index contributed by atoms with van der Waals surface area (Å²) in [5.74, 6) is -0.223. The fourth-order valence-corrected chi connectivity index (χ4v) is 6.91. The van der Waals surface area contributed by atoms with Crippen molar-refractivity contribution in [3.63, 3.8) is 0 Å². The molecular formula is C32H32F4N4O4S. The van der Waals surface area contributed by atoms with Crippen LogP contribution in [0.2, 0.25) is 0 Å². The van der Waals surface area contributed by atoms with Crippen molar-refractivity contribution in [2.24, 2.45) is 5.92 Å². The molecule has 0 saturated carbocycles. The highest BCUT2D eigenvalue weighted by atomic mass is 32.2. The number of benzene rings is 2. The van der Waals surface area contributed by atoms with Crippen LogP contribution in [0.4, 0.5) is 17.6 Å². The highest BCUT2D eigenvalue weighted by molar-refractivity contribution is 7.85. The van der Waals surface area contributed by atoms with Crippen LogP contribution in [0.5, 0.6) is 5.75 Å². The lowest BCUT2D eigenvalue weighted by Gasteiger charge is -2.34. The number of fused-ring (bicyclic) bond motifs is 1. The average molecular weight is 645 g/mol. The first-order valence-corrected chi connectivity index (χ1v) is 16.1. The molecule has 0 aliphatic carbocycles. The zero-order valence-electron chi connectivity index (χ0n) is 24.7. The van der Waals surface area contributed by atoms with Gasteiger partial charge in [0.1, 0.15) is 17.4 Å². The lowest BCUT2D eigenvalue weighted by molar-refractivity contribution is -0.140. The largest absolute Gasteiger partial charge is 0.494 e. The van der Waals surface area contributed by atoms with Crippen LogP contribution in [-0.2, 0) is 28.2 Å². The summed E-state index contributed by atoms with van der Waals surface area (Å²) in [7, 11) is -0.951. The Kier molecular flexibility index (Phi) is 9.66. The summed E-state index contributed by atoms with van der Waals surface area (Å²) >= 11 is 0. The van der Waals surface area contributed by atoms with E-state index < -0.39 is 52.3 Å². The zero-order valence-corrected chi connectivity index (χ0v) is 25.5. The normalized spacial score (nSPS) is 17.6. The molecule has 0 radical (unpaired) electrons. The van der Waals surface area contributed by atoms with Gasteiger partial charge in [-0.1, -0.05) is 6.07 Å². The molecule has 13 heteroatoms. The first kappa shape index (κ1) is 32.3. The lowest BCUT2D eigenvalue weighted by atomic mass is 10.00. The van der Waals surface area contributed by atoms with Crippen molar-refractivity contribution in [3.05, 3.63) is 93.9 Å². The smallest absolute Gasteiger partial charge is 0.419 e. The topological polar surface area (TPSA) is 94.4 Å². The van der Waals surface area contributed by atoms with Crippen LogP contribution in [-0.4, -0.2) is 54.2 Å². The number of nitrogens with zero attached hydrogens (tertiary/aromatic N) is 4. The maximum atomic E-state index is 14.0. The maximum Gasteiger partial charge on any atom is 0.419 e. The molecule has 1 atom stereocenters. The van der Waals surface area contributed by atoms with Crippen LogP contribution >= 0.6 is 0 Å². The molecule has 0 N–H and O–H groups in total. The second-order valence-corrected chi connectivity index (χ2v) is 12.6. The van der Waals surface area contributed by atoms with E-state index in [9.17, 15) is 31.4 Å². The molecule has 1 aliphatic rings. The number of carbonyl (C=O) groups is 1. The Morgan fingerprint density at radius 3 is 2.51 bits per heavy atom. The van der Waals surface area contributed by atoms with Gasteiger partial charge in [-0.15, -0.1) is 0 Å². The minimum Gasteiger partial charge on any atom is -0.494 e. The van der Waals surface area contributed by atoms with Gasteiger partial charge >= 0.3 is 6.18 Å². The monoisotopic (exact) mass is 644 g/mol. The third-order valence-electron chi connectivity index (χ3n) is 7.89. The van der Waals surface area contributed by atoms with Crippen molar-refractivity contribution in [1.29, 1.82) is 0 Å². The number of hydrogen-bond donors (Lipinski definition) is 0. The Labute approximate surface area is 259 Å². The number of pyridine rings is 1. The van der Waals surface area contributed by atoms with Crippen molar-refractivity contribution in [3.8, 4) is 11.4 Å². The lowest BCUT2D eigenvalue weighted by Crippen LogP contribution is -2.42. The minimum atomic E-state index is -4.93.